The van der Waals surface area contributed by atoms with Gasteiger partial charge in [-0.3, -0.25) is 9.59 Å². The van der Waals surface area contributed by atoms with Gasteiger partial charge in [0.1, 0.15) is 0 Å². The van der Waals surface area contributed by atoms with Crippen LogP contribution in [0.5, 0.6) is 0 Å². The molecule has 0 saturated heterocycles. The maximum atomic E-state index is 10.7. The number of hydrogen-bond acceptors (Lipinski definition) is 5. The summed E-state index contributed by atoms with van der Waals surface area (Å²) in [6.07, 6.45) is 2.74. The standard InChI is InChI=1S/C8H15NO3.C3H5NO.C3H4O2.CH4.Na/c1-3-6(7(9)10)4-5(2)8(11)12;2*1-2-3(4)5;;/h5-6H,3-4H2,1-2H3,(H2,9,10)(H,11,12);2H,1H2,(H2,4,5);2H,1H2,(H,4,5);1H4;/q;;;;+1/p-1. The molecule has 0 bridgehead atoms. The molecule has 0 heterocycles. The van der Waals surface area contributed by atoms with Crippen molar-refractivity contribution in [3.8, 4) is 0 Å². The molecule has 2 atom stereocenters. The molecule has 2 amide bonds. The first kappa shape index (κ1) is 33.9. The Kier molecular flexibility index (Phi) is 30.1. The fourth-order valence-corrected chi connectivity index (χ4v) is 1.01. The Labute approximate surface area is 165 Å². The molecule has 24 heavy (non-hydrogen) atoms. The van der Waals surface area contributed by atoms with Gasteiger partial charge < -0.3 is 26.5 Å². The van der Waals surface area contributed by atoms with Crippen molar-refractivity contribution in [2.45, 2.75) is 34.1 Å². The molecule has 0 aromatic heterocycles. The fourth-order valence-electron chi connectivity index (χ4n) is 1.01. The van der Waals surface area contributed by atoms with E-state index in [4.69, 9.17) is 10.8 Å². The number of nitrogens with two attached hydrogens (primary N) is 2. The van der Waals surface area contributed by atoms with Crippen LogP contribution in [-0.4, -0.2) is 28.9 Å². The van der Waals surface area contributed by atoms with Crippen molar-refractivity contribution in [3.63, 3.8) is 0 Å². The number of primary amides is 2. The van der Waals surface area contributed by atoms with Crippen LogP contribution in [-0.2, 0) is 19.2 Å². The van der Waals surface area contributed by atoms with Gasteiger partial charge in [-0.05, 0) is 24.8 Å². The van der Waals surface area contributed by atoms with Crippen LogP contribution in [0.2, 0.25) is 0 Å². The number of hydrogen-bond donors (Lipinski definition) is 3. The van der Waals surface area contributed by atoms with Crippen LogP contribution in [0.15, 0.2) is 25.3 Å². The first-order chi connectivity index (χ1) is 10.0. The predicted molar refractivity (Wildman–Crippen MR) is 85.7 cm³/mol. The molecule has 0 aliphatic rings. The molecular weight excluding hydrogens is 327 g/mol. The minimum Gasteiger partial charge on any atom is -0.550 e. The summed E-state index contributed by atoms with van der Waals surface area (Å²) in [6.45, 7) is 9.36. The van der Waals surface area contributed by atoms with Crippen LogP contribution in [0, 0.1) is 11.8 Å². The van der Waals surface area contributed by atoms with Crippen molar-refractivity contribution in [3.05, 3.63) is 25.3 Å². The molecule has 0 fully saturated rings. The van der Waals surface area contributed by atoms with Gasteiger partial charge in [0.05, 0.1) is 0 Å². The van der Waals surface area contributed by atoms with Gasteiger partial charge in [-0.2, -0.15) is 0 Å². The number of carbonyl (C=O) groups is 4. The number of aliphatic carboxylic acids is 2. The van der Waals surface area contributed by atoms with Crippen LogP contribution in [0.1, 0.15) is 34.1 Å². The van der Waals surface area contributed by atoms with E-state index in [1.807, 2.05) is 0 Å². The predicted octanol–water partition coefficient (Wildman–Crippen LogP) is -3.17. The molecule has 0 radical (unpaired) electrons. The van der Waals surface area contributed by atoms with Gasteiger partial charge in [0, 0.05) is 18.0 Å². The van der Waals surface area contributed by atoms with Crippen LogP contribution >= 0.6 is 0 Å². The van der Waals surface area contributed by atoms with Gasteiger partial charge in [0.15, 0.2) is 0 Å². The number of carbonyl (C=O) groups excluding carboxylic acids is 3. The third-order valence-corrected chi connectivity index (χ3v) is 2.31. The number of rotatable bonds is 7. The van der Waals surface area contributed by atoms with Gasteiger partial charge in [0.2, 0.25) is 11.8 Å². The van der Waals surface area contributed by atoms with E-state index in [2.05, 4.69) is 18.9 Å². The van der Waals surface area contributed by atoms with Crippen molar-refractivity contribution in [2.75, 3.05) is 0 Å². The van der Waals surface area contributed by atoms with Crippen LogP contribution < -0.4 is 46.1 Å². The van der Waals surface area contributed by atoms with E-state index in [1.54, 1.807) is 6.92 Å². The van der Waals surface area contributed by atoms with E-state index in [-0.39, 0.29) is 49.3 Å². The Morgan fingerprint density at radius 2 is 1.50 bits per heavy atom. The third-order valence-electron chi connectivity index (χ3n) is 2.31. The van der Waals surface area contributed by atoms with E-state index < -0.39 is 29.7 Å². The van der Waals surface area contributed by atoms with Crippen molar-refractivity contribution < 1.29 is 58.9 Å². The normalized spacial score (nSPS) is 10.2. The second-order valence-corrected chi connectivity index (χ2v) is 4.11. The molecule has 0 aliphatic carbocycles. The molecule has 0 rings (SSSR count). The topological polar surface area (TPSA) is 164 Å². The first-order valence-corrected chi connectivity index (χ1v) is 6.30. The van der Waals surface area contributed by atoms with Crippen LogP contribution in [0.3, 0.4) is 0 Å². The Hall–Kier alpha value is -1.64. The molecule has 0 aromatic rings. The van der Waals surface area contributed by atoms with E-state index in [0.29, 0.717) is 6.42 Å². The van der Waals surface area contributed by atoms with Gasteiger partial charge >= 0.3 is 35.5 Å². The Morgan fingerprint density at radius 1 is 1.17 bits per heavy atom. The molecule has 9 heteroatoms. The van der Waals surface area contributed by atoms with Gasteiger partial charge in [0.25, 0.3) is 0 Å². The summed E-state index contributed by atoms with van der Waals surface area (Å²) >= 11 is 0. The number of carboxylic acids is 2. The quantitative estimate of drug-likeness (QED) is 0.322. The van der Waals surface area contributed by atoms with E-state index >= 15 is 0 Å². The van der Waals surface area contributed by atoms with E-state index in [1.165, 1.54) is 6.92 Å². The van der Waals surface area contributed by atoms with E-state index in [9.17, 15) is 24.3 Å². The molecule has 134 valence electrons. The summed E-state index contributed by atoms with van der Waals surface area (Å²) in [7, 11) is 0. The van der Waals surface area contributed by atoms with E-state index in [0.717, 1.165) is 12.2 Å². The zero-order valence-corrected chi connectivity index (χ0v) is 15.8. The molecule has 0 aromatic carbocycles. The molecule has 0 spiro atoms. The zero-order chi connectivity index (χ0) is 18.3. The summed E-state index contributed by atoms with van der Waals surface area (Å²) in [6, 6.07) is 0. The molecule has 8 nitrogen and oxygen atoms in total. The summed E-state index contributed by atoms with van der Waals surface area (Å²) in [5.74, 6) is -3.99. The van der Waals surface area contributed by atoms with Gasteiger partial charge in [-0.1, -0.05) is 34.4 Å². The van der Waals surface area contributed by atoms with Crippen LogP contribution in [0.4, 0.5) is 0 Å². The summed E-state index contributed by atoms with van der Waals surface area (Å²) in [5.41, 5.74) is 9.58. The minimum atomic E-state index is -1.13. The van der Waals surface area contributed by atoms with Crippen molar-refractivity contribution in [1.29, 1.82) is 0 Å². The largest absolute Gasteiger partial charge is 1.00 e. The smallest absolute Gasteiger partial charge is 0.550 e. The van der Waals surface area contributed by atoms with Crippen molar-refractivity contribution in [2.24, 2.45) is 23.3 Å². The molecule has 2 unspecified atom stereocenters. The Morgan fingerprint density at radius 3 is 1.62 bits per heavy atom. The number of amides is 2. The SMILES string of the molecule is C.C=CC(=O)O.C=CC(N)=O.CCC(CC(C)C(=O)[O-])C(N)=O.[Na+]. The van der Waals surface area contributed by atoms with Crippen LogP contribution in [0.25, 0.3) is 0 Å². The summed E-state index contributed by atoms with van der Waals surface area (Å²) in [4.78, 5) is 39.7. The maximum absolute atomic E-state index is 10.7. The fraction of sp³-hybridized carbons (Fsp3) is 0.467. The van der Waals surface area contributed by atoms with Gasteiger partial charge in [-0.15, -0.1) is 0 Å². The first-order valence-electron chi connectivity index (χ1n) is 6.30. The average molecular weight is 354 g/mol. The van der Waals surface area contributed by atoms with Crippen molar-refractivity contribution in [1.82, 2.24) is 0 Å². The molecular formula is C15H27N2NaO6. The third kappa shape index (κ3) is 28.5. The molecule has 0 aliphatic heterocycles. The maximum Gasteiger partial charge on any atom is 1.00 e. The number of carboxylic acid groups (broad SMARTS) is 2. The second kappa shape index (κ2) is 21.4. The summed E-state index contributed by atoms with van der Waals surface area (Å²) in [5, 5.41) is 17.9. The second-order valence-electron chi connectivity index (χ2n) is 4.11. The van der Waals surface area contributed by atoms with Gasteiger partial charge in [-0.25, -0.2) is 4.79 Å². The van der Waals surface area contributed by atoms with Crippen molar-refractivity contribution >= 4 is 23.8 Å². The Balaban J connectivity index is -0.0000000847. The average Bonchev–Trinajstić information content (AvgIpc) is 2.44. The summed E-state index contributed by atoms with van der Waals surface area (Å²) < 4.78 is 0. The molecule has 5 N–H and O–H groups in total. The molecule has 0 saturated carbocycles. The zero-order valence-electron chi connectivity index (χ0n) is 13.8. The Bertz CT molecular complexity index is 395. The monoisotopic (exact) mass is 354 g/mol. The minimum absolute atomic E-state index is 0.